The van der Waals surface area contributed by atoms with E-state index in [9.17, 15) is 0 Å². The van der Waals surface area contributed by atoms with Crippen molar-refractivity contribution in [2.75, 3.05) is 26.7 Å². The third-order valence-corrected chi connectivity index (χ3v) is 1.63. The molecule has 0 bridgehead atoms. The average molecular weight is 185 g/mol. The van der Waals surface area contributed by atoms with Crippen LogP contribution in [-0.4, -0.2) is 42.8 Å². The minimum atomic E-state index is -0.568. The number of ether oxygens (including phenoxy) is 1. The van der Waals surface area contributed by atoms with Crippen LogP contribution in [-0.2, 0) is 13.6 Å². The van der Waals surface area contributed by atoms with Gasteiger partial charge < -0.3 is 13.6 Å². The Morgan fingerprint density at radius 3 is 2.10 bits per heavy atom. The minimum Gasteiger partial charge on any atom is -0.402 e. The molecule has 0 saturated carbocycles. The van der Waals surface area contributed by atoms with Gasteiger partial charge in [0.05, 0.1) is 18.6 Å². The number of hydrogen-bond donors (Lipinski definition) is 0. The summed E-state index contributed by atoms with van der Waals surface area (Å²) in [6, 6.07) is 0. The average Bonchev–Trinajstić information content (AvgIpc) is 2.72. The first-order valence-corrected chi connectivity index (χ1v) is 4.69. The van der Waals surface area contributed by atoms with Gasteiger partial charge in [0.1, 0.15) is 0 Å². The van der Waals surface area contributed by atoms with Crippen LogP contribution < -0.4 is 0 Å². The van der Waals surface area contributed by atoms with Crippen LogP contribution >= 0.6 is 11.6 Å². The van der Waals surface area contributed by atoms with Crippen molar-refractivity contribution in [2.45, 2.75) is 6.10 Å². The number of alkyl halides is 1. The van der Waals surface area contributed by atoms with Crippen molar-refractivity contribution in [3.8, 4) is 0 Å². The molecule has 1 unspecified atom stereocenters. The van der Waals surface area contributed by atoms with Crippen LogP contribution in [0.5, 0.6) is 0 Å². The molecular weight excluding hydrogens is 172 g/mol. The van der Waals surface area contributed by atoms with Crippen LogP contribution in [0.2, 0.25) is 0 Å². The van der Waals surface area contributed by atoms with E-state index in [1.165, 1.54) is 0 Å². The zero-order chi connectivity index (χ0) is 7.82. The molecule has 0 aromatic heterocycles. The highest BCUT2D eigenvalue weighted by molar-refractivity contribution is 6.18. The lowest BCUT2D eigenvalue weighted by Gasteiger charge is -1.86. The number of hydrogen-bond acceptors (Lipinski definition) is 3. The van der Waals surface area contributed by atoms with Crippen molar-refractivity contribution >= 4 is 21.6 Å². The van der Waals surface area contributed by atoms with E-state index in [-0.39, 0.29) is 0 Å². The van der Waals surface area contributed by atoms with Gasteiger partial charge >= 0.3 is 10.0 Å². The molecule has 3 nitrogen and oxygen atoms in total. The highest BCUT2D eigenvalue weighted by atomic mass is 35.5. The molecule has 0 spiro atoms. The second kappa shape index (κ2) is 7.49. The summed E-state index contributed by atoms with van der Waals surface area (Å²) in [5, 5.41) is 0. The zero-order valence-electron chi connectivity index (χ0n) is 6.30. The molecule has 5 heteroatoms. The monoisotopic (exact) mass is 184 g/mol. The topological polar surface area (TPSA) is 31.0 Å². The summed E-state index contributed by atoms with van der Waals surface area (Å²) >= 11 is 5.27. The predicted octanol–water partition coefficient (Wildman–Crippen LogP) is -0.0980. The summed E-state index contributed by atoms with van der Waals surface area (Å²) in [6.07, 6.45) is 0.400. The minimum absolute atomic E-state index is 0.400. The highest BCUT2D eigenvalue weighted by Crippen LogP contribution is 2.08. The maximum Gasteiger partial charge on any atom is 0.303 e. The van der Waals surface area contributed by atoms with E-state index in [0.29, 0.717) is 12.0 Å². The molecule has 62 valence electrons. The molecule has 0 aromatic rings. The van der Waals surface area contributed by atoms with Crippen molar-refractivity contribution in [3.63, 3.8) is 0 Å². The van der Waals surface area contributed by atoms with E-state index in [0.717, 1.165) is 6.61 Å². The summed E-state index contributed by atoms with van der Waals surface area (Å²) in [4.78, 5) is 0. The lowest BCUT2D eigenvalue weighted by molar-refractivity contribution is 0.309. The fourth-order valence-electron chi connectivity index (χ4n) is 0.275. The van der Waals surface area contributed by atoms with Crippen molar-refractivity contribution in [2.24, 2.45) is 0 Å². The van der Waals surface area contributed by atoms with Crippen LogP contribution in [0, 0.1) is 0 Å². The maximum atomic E-state index is 5.27. The summed E-state index contributed by atoms with van der Waals surface area (Å²) in [5.41, 5.74) is 0. The summed E-state index contributed by atoms with van der Waals surface area (Å²) in [5.74, 6) is 0.667. The van der Waals surface area contributed by atoms with Crippen LogP contribution in [0.1, 0.15) is 0 Å². The zero-order valence-corrected chi connectivity index (χ0v) is 8.47. The molecule has 10 heavy (non-hydrogen) atoms. The lowest BCUT2D eigenvalue weighted by Crippen LogP contribution is -1.93. The quantitative estimate of drug-likeness (QED) is 0.349. The van der Waals surface area contributed by atoms with Gasteiger partial charge in [-0.05, 0) is 0 Å². The fraction of sp³-hybridized carbons (Fsp3) is 1.00. The number of rotatable bonds is 3. The van der Waals surface area contributed by atoms with Gasteiger partial charge in [0, 0.05) is 14.2 Å². The largest absolute Gasteiger partial charge is 0.402 e. The van der Waals surface area contributed by atoms with Gasteiger partial charge in [0.25, 0.3) is 0 Å². The number of halogens is 1. The lowest BCUT2D eigenvalue weighted by atomic mass is 10.6. The van der Waals surface area contributed by atoms with Gasteiger partial charge in [-0.15, -0.1) is 11.6 Å². The summed E-state index contributed by atoms with van der Waals surface area (Å²) < 4.78 is 13.9. The van der Waals surface area contributed by atoms with Gasteiger partial charge in [0.15, 0.2) is 0 Å². The summed E-state index contributed by atoms with van der Waals surface area (Å²) in [7, 11) is 2.73. The van der Waals surface area contributed by atoms with Gasteiger partial charge in [0.2, 0.25) is 0 Å². The second-order valence-electron chi connectivity index (χ2n) is 1.80. The van der Waals surface area contributed by atoms with Crippen molar-refractivity contribution in [1.82, 2.24) is 0 Å². The first-order chi connectivity index (χ1) is 4.85. The van der Waals surface area contributed by atoms with Gasteiger partial charge in [-0.2, -0.15) is 0 Å². The highest BCUT2D eigenvalue weighted by Gasteiger charge is 2.19. The first kappa shape index (κ1) is 10.4. The Morgan fingerprint density at radius 1 is 1.60 bits per heavy atom. The van der Waals surface area contributed by atoms with Crippen molar-refractivity contribution < 1.29 is 13.6 Å². The fourth-order valence-corrected chi connectivity index (χ4v) is 0.689. The number of epoxide rings is 1. The van der Waals surface area contributed by atoms with Crippen LogP contribution in [0.25, 0.3) is 0 Å². The van der Waals surface area contributed by atoms with E-state index in [1.807, 2.05) is 0 Å². The maximum absolute atomic E-state index is 5.27. The molecule has 1 saturated heterocycles. The van der Waals surface area contributed by atoms with Crippen molar-refractivity contribution in [1.29, 1.82) is 0 Å². The molecule has 0 radical (unpaired) electrons. The SMILES string of the molecule is CO[SiH2]OC.ClCC1CO1. The first-order valence-electron chi connectivity index (χ1n) is 3.00. The standard InChI is InChI=1S/C3H5ClO.C2H8O2Si/c4-1-3-2-5-3;1-3-5-4-2/h3H,1-2H2;5H2,1-2H3. The van der Waals surface area contributed by atoms with E-state index in [1.54, 1.807) is 14.2 Å². The molecule has 0 N–H and O–H groups in total. The Morgan fingerprint density at radius 2 is 2.10 bits per heavy atom. The van der Waals surface area contributed by atoms with E-state index < -0.39 is 10.0 Å². The van der Waals surface area contributed by atoms with Crippen LogP contribution in [0.4, 0.5) is 0 Å². The van der Waals surface area contributed by atoms with Gasteiger partial charge in [-0.25, -0.2) is 0 Å². The smallest absolute Gasteiger partial charge is 0.303 e. The Bertz CT molecular complexity index is 67.9. The predicted molar refractivity (Wildman–Crippen MR) is 43.0 cm³/mol. The Balaban J connectivity index is 0.000000162. The van der Waals surface area contributed by atoms with Crippen LogP contribution in [0.3, 0.4) is 0 Å². The van der Waals surface area contributed by atoms with Crippen LogP contribution in [0.15, 0.2) is 0 Å². The summed E-state index contributed by atoms with van der Waals surface area (Å²) in [6.45, 7) is 0.878. The van der Waals surface area contributed by atoms with E-state index in [4.69, 9.17) is 16.3 Å². The Labute approximate surface area is 68.7 Å². The second-order valence-corrected chi connectivity index (χ2v) is 3.50. The third-order valence-electron chi connectivity index (χ3n) is 0.810. The molecule has 1 fully saturated rings. The molecular formula is C5H13ClO3Si. The van der Waals surface area contributed by atoms with Crippen molar-refractivity contribution in [3.05, 3.63) is 0 Å². The molecule has 0 aliphatic carbocycles. The third kappa shape index (κ3) is 8.39. The van der Waals surface area contributed by atoms with E-state index in [2.05, 4.69) is 8.85 Å². The van der Waals surface area contributed by atoms with E-state index >= 15 is 0 Å². The normalized spacial score (nSPS) is 21.3. The Hall–Kier alpha value is 0.387. The molecule has 0 amide bonds. The molecule has 1 heterocycles. The molecule has 1 aliphatic rings. The van der Waals surface area contributed by atoms with Gasteiger partial charge in [-0.1, -0.05) is 0 Å². The van der Waals surface area contributed by atoms with Gasteiger partial charge in [-0.3, -0.25) is 0 Å². The Kier molecular flexibility index (Phi) is 7.78. The molecule has 0 aromatic carbocycles. The molecule has 1 aliphatic heterocycles. The molecule has 1 atom stereocenters. The molecule has 1 rings (SSSR count).